The van der Waals surface area contributed by atoms with Crippen molar-refractivity contribution in [2.75, 3.05) is 0 Å². The smallest absolute Gasteiger partial charge is 0.227 e. The maximum Gasteiger partial charge on any atom is 0.227 e. The zero-order chi connectivity index (χ0) is 21.3. The van der Waals surface area contributed by atoms with Gasteiger partial charge in [-0.2, -0.15) is 0 Å². The normalized spacial score (nSPS) is 14.0. The lowest BCUT2D eigenvalue weighted by molar-refractivity contribution is 0.415. The van der Waals surface area contributed by atoms with Gasteiger partial charge in [-0.1, -0.05) is 32.9 Å². The number of hydrogen-bond acceptors (Lipinski definition) is 4. The molecule has 140 valence electrons. The summed E-state index contributed by atoms with van der Waals surface area (Å²) in [4.78, 5) is 9.93. The van der Waals surface area contributed by atoms with Crippen LogP contribution in [0.5, 0.6) is 0 Å². The van der Waals surface area contributed by atoms with Crippen molar-refractivity contribution in [1.29, 1.82) is 0 Å². The first-order chi connectivity index (χ1) is 14.1. The molecule has 1 aromatic carbocycles. The van der Waals surface area contributed by atoms with Crippen molar-refractivity contribution < 1.29 is 7.16 Å². The molecule has 5 aromatic rings. The van der Waals surface area contributed by atoms with Gasteiger partial charge in [0.05, 0.1) is 10.4 Å². The van der Waals surface area contributed by atoms with Crippen molar-refractivity contribution >= 4 is 43.5 Å². The number of aromatic nitrogens is 2. The highest BCUT2D eigenvalue weighted by atomic mass is 32.1. The Labute approximate surface area is 170 Å². The third-order valence-electron chi connectivity index (χ3n) is 4.68. The highest BCUT2D eigenvalue weighted by molar-refractivity contribution is 7.19. The SMILES string of the molecule is [2H]C([2H])(c1cc2cc(-c3cccc4c3oc3nc(C)ccc34)ncc2s1)C(C)(C)C. The number of thiophene rings is 1. The van der Waals surface area contributed by atoms with E-state index in [2.05, 4.69) is 9.97 Å². The summed E-state index contributed by atoms with van der Waals surface area (Å²) in [5, 5.41) is 3.01. The van der Waals surface area contributed by atoms with Crippen molar-refractivity contribution in [3.05, 3.63) is 59.2 Å². The lowest BCUT2D eigenvalue weighted by atomic mass is 9.91. The van der Waals surface area contributed by atoms with E-state index in [9.17, 15) is 0 Å². The Morgan fingerprint density at radius 2 is 1.96 bits per heavy atom. The second-order valence-corrected chi connectivity index (χ2v) is 9.27. The minimum atomic E-state index is -1.42. The lowest BCUT2D eigenvalue weighted by Crippen LogP contribution is -2.07. The number of pyridine rings is 2. The molecule has 3 nitrogen and oxygen atoms in total. The maximum atomic E-state index is 8.59. The number of hydrogen-bond donors (Lipinski definition) is 0. The summed E-state index contributed by atoms with van der Waals surface area (Å²) in [6.07, 6.45) is 0.417. The number of furan rings is 1. The zero-order valence-corrected chi connectivity index (χ0v) is 17.1. The van der Waals surface area contributed by atoms with Crippen LogP contribution in [0.15, 0.2) is 53.1 Å². The summed E-state index contributed by atoms with van der Waals surface area (Å²) in [5.74, 6) is 0. The number of aryl methyl sites for hydroxylation is 1. The number of fused-ring (bicyclic) bond motifs is 4. The Morgan fingerprint density at radius 1 is 1.11 bits per heavy atom. The standard InChI is InChI=1S/C24H22N2OS/c1-14-8-9-18-17-6-5-7-19(22(17)27-23(18)26-14)20-11-15-10-16(12-24(2,3)4)28-21(15)13-25-20/h5-11,13H,12H2,1-4H3/i12D2. The molecule has 0 spiro atoms. The molecule has 0 aliphatic heterocycles. The monoisotopic (exact) mass is 388 g/mol. The summed E-state index contributed by atoms with van der Waals surface area (Å²) < 4.78 is 24.3. The Morgan fingerprint density at radius 3 is 2.79 bits per heavy atom. The van der Waals surface area contributed by atoms with Crippen LogP contribution in [0.2, 0.25) is 0 Å². The Bertz CT molecular complexity index is 1430. The zero-order valence-electron chi connectivity index (χ0n) is 18.3. The van der Waals surface area contributed by atoms with E-state index in [1.807, 2.05) is 76.4 Å². The first-order valence-electron chi connectivity index (χ1n) is 10.3. The molecule has 4 heterocycles. The average Bonchev–Trinajstić information content (AvgIpc) is 3.27. The molecule has 4 heteroatoms. The summed E-state index contributed by atoms with van der Waals surface area (Å²) in [6.45, 7) is 7.74. The van der Waals surface area contributed by atoms with Crippen LogP contribution in [0, 0.1) is 12.3 Å². The first-order valence-corrected chi connectivity index (χ1v) is 10.2. The Kier molecular flexibility index (Phi) is 3.34. The van der Waals surface area contributed by atoms with Gasteiger partial charge in [-0.25, -0.2) is 4.98 Å². The van der Waals surface area contributed by atoms with Gasteiger partial charge in [0.2, 0.25) is 5.71 Å². The largest absolute Gasteiger partial charge is 0.437 e. The number of rotatable bonds is 2. The first kappa shape index (κ1) is 15.2. The molecule has 0 saturated carbocycles. The maximum absolute atomic E-state index is 8.59. The van der Waals surface area contributed by atoms with Crippen molar-refractivity contribution in [2.45, 2.75) is 34.1 Å². The van der Waals surface area contributed by atoms with Gasteiger partial charge in [0.15, 0.2) is 0 Å². The van der Waals surface area contributed by atoms with E-state index in [0.29, 0.717) is 5.71 Å². The molecule has 0 N–H and O–H groups in total. The molecule has 0 bridgehead atoms. The Balaban J connectivity index is 1.68. The molecule has 0 radical (unpaired) electrons. The minimum absolute atomic E-state index is 0.491. The fraction of sp³-hybridized carbons (Fsp3) is 0.250. The van der Waals surface area contributed by atoms with Gasteiger partial charge in [-0.3, -0.25) is 4.98 Å². The quantitative estimate of drug-likeness (QED) is 0.322. The molecule has 0 atom stereocenters. The predicted octanol–water partition coefficient (Wildman–Crippen LogP) is 7.15. The van der Waals surface area contributed by atoms with Crippen LogP contribution in [0.4, 0.5) is 0 Å². The van der Waals surface area contributed by atoms with Gasteiger partial charge in [0, 0.05) is 35.8 Å². The van der Waals surface area contributed by atoms with Gasteiger partial charge in [0.25, 0.3) is 0 Å². The second kappa shape index (κ2) is 6.14. The van der Waals surface area contributed by atoms with Gasteiger partial charge >= 0.3 is 0 Å². The lowest BCUT2D eigenvalue weighted by Gasteiger charge is -2.16. The van der Waals surface area contributed by atoms with Crippen molar-refractivity contribution in [3.63, 3.8) is 0 Å². The van der Waals surface area contributed by atoms with Gasteiger partial charge < -0.3 is 4.42 Å². The van der Waals surface area contributed by atoms with Crippen LogP contribution < -0.4 is 0 Å². The molecular weight excluding hydrogens is 364 g/mol. The van der Waals surface area contributed by atoms with E-state index in [4.69, 9.17) is 7.16 Å². The highest BCUT2D eigenvalue weighted by Crippen LogP contribution is 2.37. The van der Waals surface area contributed by atoms with Gasteiger partial charge in [-0.05, 0) is 54.4 Å². The molecule has 0 aliphatic carbocycles. The Hall–Kier alpha value is -2.72. The topological polar surface area (TPSA) is 38.9 Å². The summed E-state index contributed by atoms with van der Waals surface area (Å²) in [5.41, 5.74) is 3.56. The predicted molar refractivity (Wildman–Crippen MR) is 118 cm³/mol. The number of nitrogens with zero attached hydrogens (tertiary/aromatic N) is 2. The third kappa shape index (κ3) is 2.98. The van der Waals surface area contributed by atoms with Crippen LogP contribution >= 0.6 is 11.3 Å². The average molecular weight is 389 g/mol. The van der Waals surface area contributed by atoms with Gasteiger partial charge in [-0.15, -0.1) is 11.3 Å². The summed E-state index contributed by atoms with van der Waals surface area (Å²) >= 11 is 1.47. The van der Waals surface area contributed by atoms with E-state index in [1.165, 1.54) is 11.3 Å². The highest BCUT2D eigenvalue weighted by Gasteiger charge is 2.16. The van der Waals surface area contributed by atoms with Gasteiger partial charge in [0.1, 0.15) is 5.58 Å². The van der Waals surface area contributed by atoms with Crippen molar-refractivity contribution in [3.8, 4) is 11.3 Å². The van der Waals surface area contributed by atoms with E-state index in [1.54, 1.807) is 0 Å². The molecule has 4 aromatic heterocycles. The van der Waals surface area contributed by atoms with Crippen molar-refractivity contribution in [2.24, 2.45) is 5.41 Å². The van der Waals surface area contributed by atoms with Crippen LogP contribution in [0.25, 0.3) is 43.4 Å². The molecule has 0 saturated heterocycles. The molecule has 0 fully saturated rings. The van der Waals surface area contributed by atoms with Crippen LogP contribution in [-0.4, -0.2) is 9.97 Å². The molecular formula is C24H22N2OS. The van der Waals surface area contributed by atoms with E-state index in [-0.39, 0.29) is 0 Å². The van der Waals surface area contributed by atoms with Crippen molar-refractivity contribution in [1.82, 2.24) is 9.97 Å². The summed E-state index contributed by atoms with van der Waals surface area (Å²) in [7, 11) is 0. The molecule has 0 unspecified atom stereocenters. The van der Waals surface area contributed by atoms with Crippen LogP contribution in [0.3, 0.4) is 0 Å². The minimum Gasteiger partial charge on any atom is -0.437 e. The molecule has 5 rings (SSSR count). The van der Waals surface area contributed by atoms with E-state index in [0.717, 1.165) is 48.3 Å². The molecule has 0 aliphatic rings. The van der Waals surface area contributed by atoms with E-state index < -0.39 is 11.8 Å². The second-order valence-electron chi connectivity index (χ2n) is 8.18. The third-order valence-corrected chi connectivity index (χ3v) is 5.68. The fourth-order valence-electron chi connectivity index (χ4n) is 3.50. The molecule has 28 heavy (non-hydrogen) atoms. The summed E-state index contributed by atoms with van der Waals surface area (Å²) in [6, 6.07) is 14.1. The number of para-hydroxylation sites is 1. The van der Waals surface area contributed by atoms with Crippen LogP contribution in [-0.2, 0) is 6.37 Å². The van der Waals surface area contributed by atoms with Crippen LogP contribution in [0.1, 0.15) is 34.1 Å². The fourth-order valence-corrected chi connectivity index (χ4v) is 4.62. The van der Waals surface area contributed by atoms with E-state index >= 15 is 0 Å². The molecule has 0 amide bonds. The number of benzene rings is 1.